The van der Waals surface area contributed by atoms with Crippen LogP contribution in [-0.4, -0.2) is 35.2 Å². The number of fused-ring (bicyclic) bond motifs is 1. The summed E-state index contributed by atoms with van der Waals surface area (Å²) < 4.78 is 0. The molecule has 2 saturated carbocycles. The molecule has 34 heavy (non-hydrogen) atoms. The second-order valence-corrected chi connectivity index (χ2v) is 11.7. The number of aliphatic hydroxyl groups excluding tert-OH is 2. The van der Waals surface area contributed by atoms with Crippen LogP contribution >= 0.6 is 0 Å². The molecule has 0 aromatic rings. The fraction of sp³-hybridized carbons (Fsp3) is 0.633. The molecule has 0 unspecified atom stereocenters. The first kappa shape index (κ1) is 26.7. The van der Waals surface area contributed by atoms with Crippen molar-refractivity contribution in [2.45, 2.75) is 91.8 Å². The summed E-state index contributed by atoms with van der Waals surface area (Å²) in [5.41, 5.74) is 5.95. The topological polar surface area (TPSA) is 62.0 Å². The fourth-order valence-corrected chi connectivity index (χ4v) is 6.11. The highest BCUT2D eigenvalue weighted by Gasteiger charge is 2.45. The number of hydrogen-bond acceptors (Lipinski definition) is 4. The Morgan fingerprint density at radius 2 is 2.06 bits per heavy atom. The molecule has 3 aliphatic rings. The molecule has 0 aromatic carbocycles. The van der Waals surface area contributed by atoms with E-state index in [0.29, 0.717) is 24.7 Å². The summed E-state index contributed by atoms with van der Waals surface area (Å²) in [6.07, 6.45) is 16.7. The molecule has 0 aromatic heterocycles. The predicted octanol–water partition coefficient (Wildman–Crippen LogP) is 6.68. The zero-order valence-electron chi connectivity index (χ0n) is 22.1. The molecule has 188 valence electrons. The summed E-state index contributed by atoms with van der Waals surface area (Å²) in [4.78, 5) is 5.05. The molecule has 3 rings (SSSR count). The average molecular weight is 468 g/mol. The van der Waals surface area contributed by atoms with E-state index in [4.69, 9.17) is 4.84 Å². The first-order chi connectivity index (χ1) is 16.0. The number of allylic oxidation sites excluding steroid dienone is 7. The van der Waals surface area contributed by atoms with Crippen molar-refractivity contribution < 1.29 is 15.1 Å². The first-order valence-electron chi connectivity index (χ1n) is 12.9. The molecule has 0 amide bonds. The number of nitrogens with zero attached hydrogens (tertiary/aromatic N) is 1. The van der Waals surface area contributed by atoms with Gasteiger partial charge in [-0.25, -0.2) is 0 Å². The molecular weight excluding hydrogens is 422 g/mol. The lowest BCUT2D eigenvalue weighted by Gasteiger charge is -2.42. The predicted molar refractivity (Wildman–Crippen MR) is 142 cm³/mol. The van der Waals surface area contributed by atoms with Crippen LogP contribution in [0.1, 0.15) is 79.6 Å². The quantitative estimate of drug-likeness (QED) is 0.260. The second kappa shape index (κ2) is 10.8. The molecule has 0 heterocycles. The van der Waals surface area contributed by atoms with Crippen molar-refractivity contribution in [3.8, 4) is 0 Å². The van der Waals surface area contributed by atoms with Gasteiger partial charge in [0, 0.05) is 11.8 Å². The van der Waals surface area contributed by atoms with Crippen molar-refractivity contribution in [2.75, 3.05) is 7.11 Å². The SMILES string of the molecule is C=C1/C(=C\C=C2/CCC[C@]3(C)C([C@@H](C)C/C=C/C(=N/OC)C(C)(C)C)=CC[C@@H]23)C[C@@H](O)C[C@@H]1O. The van der Waals surface area contributed by atoms with Gasteiger partial charge < -0.3 is 15.1 Å². The van der Waals surface area contributed by atoms with E-state index in [-0.39, 0.29) is 10.8 Å². The lowest BCUT2D eigenvalue weighted by atomic mass is 9.62. The third-order valence-electron chi connectivity index (χ3n) is 8.13. The van der Waals surface area contributed by atoms with E-state index >= 15 is 0 Å². The zero-order valence-corrected chi connectivity index (χ0v) is 22.1. The largest absolute Gasteiger partial charge is 0.399 e. The van der Waals surface area contributed by atoms with Gasteiger partial charge in [-0.1, -0.05) is 81.8 Å². The molecule has 2 fully saturated rings. The van der Waals surface area contributed by atoms with Gasteiger partial charge >= 0.3 is 0 Å². The third-order valence-corrected chi connectivity index (χ3v) is 8.13. The highest BCUT2D eigenvalue weighted by molar-refractivity contribution is 5.98. The molecule has 5 atom stereocenters. The van der Waals surface area contributed by atoms with Crippen molar-refractivity contribution >= 4 is 5.71 Å². The van der Waals surface area contributed by atoms with Crippen molar-refractivity contribution in [2.24, 2.45) is 27.8 Å². The van der Waals surface area contributed by atoms with Gasteiger partial charge in [-0.15, -0.1) is 0 Å². The summed E-state index contributed by atoms with van der Waals surface area (Å²) >= 11 is 0. The number of aliphatic hydroxyl groups is 2. The third kappa shape index (κ3) is 5.83. The molecule has 0 spiro atoms. The van der Waals surface area contributed by atoms with Crippen LogP contribution in [0.15, 0.2) is 64.4 Å². The zero-order chi connectivity index (χ0) is 25.1. The molecule has 0 aliphatic heterocycles. The van der Waals surface area contributed by atoms with E-state index in [0.717, 1.165) is 36.1 Å². The van der Waals surface area contributed by atoms with Crippen LogP contribution in [0.3, 0.4) is 0 Å². The van der Waals surface area contributed by atoms with Gasteiger partial charge in [0.2, 0.25) is 0 Å². The molecule has 0 radical (unpaired) electrons. The second-order valence-electron chi connectivity index (χ2n) is 11.7. The average Bonchev–Trinajstić information content (AvgIpc) is 3.11. The van der Waals surface area contributed by atoms with Gasteiger partial charge in [-0.3, -0.25) is 0 Å². The first-order valence-corrected chi connectivity index (χ1v) is 12.9. The maximum absolute atomic E-state index is 10.2. The van der Waals surface area contributed by atoms with E-state index < -0.39 is 12.2 Å². The van der Waals surface area contributed by atoms with E-state index in [1.807, 2.05) is 0 Å². The number of oxime groups is 1. The highest BCUT2D eigenvalue weighted by atomic mass is 16.6. The van der Waals surface area contributed by atoms with E-state index in [9.17, 15) is 10.2 Å². The molecule has 0 saturated heterocycles. The number of rotatable bonds is 6. The molecule has 3 aliphatic carbocycles. The van der Waals surface area contributed by atoms with Crippen LogP contribution in [0.2, 0.25) is 0 Å². The van der Waals surface area contributed by atoms with Gasteiger partial charge in [0.05, 0.1) is 17.9 Å². The van der Waals surface area contributed by atoms with Crippen LogP contribution in [-0.2, 0) is 4.84 Å². The molecular formula is C30H45NO3. The standard InChI is InChI=1S/C30H45NO3/c1-20(10-8-12-28(31-34-7)29(3,4)5)25-15-16-26-22(11-9-17-30(25,26)6)13-14-23-18-24(32)19-27(33)21(23)2/h8,12-15,20,24,26-27,32-33H,2,9-11,16-19H2,1,3-7H3/b12-8+,22-13+,23-14-,31-28-/t20-,24+,26-,27-,30+/m0/s1. The van der Waals surface area contributed by atoms with Crippen LogP contribution in [0.4, 0.5) is 0 Å². The van der Waals surface area contributed by atoms with Gasteiger partial charge in [-0.2, -0.15) is 0 Å². The Morgan fingerprint density at radius 1 is 1.32 bits per heavy atom. The van der Waals surface area contributed by atoms with Crippen LogP contribution in [0.5, 0.6) is 0 Å². The number of hydrogen-bond donors (Lipinski definition) is 2. The van der Waals surface area contributed by atoms with Crippen molar-refractivity contribution in [3.63, 3.8) is 0 Å². The fourth-order valence-electron chi connectivity index (χ4n) is 6.11. The normalized spacial score (nSPS) is 34.0. The maximum atomic E-state index is 10.2. The summed E-state index contributed by atoms with van der Waals surface area (Å²) in [6, 6.07) is 0. The smallest absolute Gasteiger partial charge is 0.106 e. The maximum Gasteiger partial charge on any atom is 0.106 e. The Kier molecular flexibility index (Phi) is 8.47. The Hall–Kier alpha value is -1.91. The van der Waals surface area contributed by atoms with Crippen molar-refractivity contribution in [1.29, 1.82) is 0 Å². The van der Waals surface area contributed by atoms with Crippen LogP contribution in [0, 0.1) is 22.7 Å². The summed E-state index contributed by atoms with van der Waals surface area (Å²) in [5.74, 6) is 1.02. The van der Waals surface area contributed by atoms with E-state index in [2.05, 4.69) is 76.7 Å². The Balaban J connectivity index is 1.73. The van der Waals surface area contributed by atoms with Gasteiger partial charge in [0.25, 0.3) is 0 Å². The van der Waals surface area contributed by atoms with Gasteiger partial charge in [0.15, 0.2) is 0 Å². The summed E-state index contributed by atoms with van der Waals surface area (Å²) in [5, 5.41) is 24.5. The van der Waals surface area contributed by atoms with Crippen molar-refractivity contribution in [3.05, 3.63) is 59.3 Å². The van der Waals surface area contributed by atoms with Crippen LogP contribution < -0.4 is 0 Å². The monoisotopic (exact) mass is 467 g/mol. The minimum Gasteiger partial charge on any atom is -0.399 e. The molecule has 4 nitrogen and oxygen atoms in total. The summed E-state index contributed by atoms with van der Waals surface area (Å²) in [7, 11) is 1.60. The highest BCUT2D eigenvalue weighted by Crippen LogP contribution is 2.57. The molecule has 4 heteroatoms. The molecule has 0 bridgehead atoms. The Morgan fingerprint density at radius 3 is 2.74 bits per heavy atom. The summed E-state index contributed by atoms with van der Waals surface area (Å²) in [6.45, 7) is 15.3. The van der Waals surface area contributed by atoms with Gasteiger partial charge in [-0.05, 0) is 73.0 Å². The Labute approximate surface area is 206 Å². The minimum atomic E-state index is -0.633. The van der Waals surface area contributed by atoms with E-state index in [1.54, 1.807) is 12.7 Å². The minimum absolute atomic E-state index is 0.0489. The lowest BCUT2D eigenvalue weighted by Crippen LogP contribution is -2.32. The van der Waals surface area contributed by atoms with Gasteiger partial charge in [0.1, 0.15) is 7.11 Å². The lowest BCUT2D eigenvalue weighted by molar-refractivity contribution is 0.0862. The Bertz CT molecular complexity index is 914. The van der Waals surface area contributed by atoms with E-state index in [1.165, 1.54) is 18.4 Å². The van der Waals surface area contributed by atoms with Crippen LogP contribution in [0.25, 0.3) is 0 Å². The van der Waals surface area contributed by atoms with Crippen molar-refractivity contribution in [1.82, 2.24) is 0 Å². The molecule has 2 N–H and O–H groups in total.